The summed E-state index contributed by atoms with van der Waals surface area (Å²) in [6.45, 7) is 1.40. The monoisotopic (exact) mass is 298 g/mol. The fourth-order valence-electron chi connectivity index (χ4n) is 1.80. The van der Waals surface area contributed by atoms with Gasteiger partial charge in [0.2, 0.25) is 0 Å². The minimum absolute atomic E-state index is 0.0899. The average Bonchev–Trinajstić information content (AvgIpc) is 2.75. The van der Waals surface area contributed by atoms with E-state index in [1.165, 1.54) is 11.3 Å². The first-order valence-corrected chi connectivity index (χ1v) is 6.76. The highest BCUT2D eigenvalue weighted by Crippen LogP contribution is 2.25. The van der Waals surface area contributed by atoms with E-state index in [-0.39, 0.29) is 11.8 Å². The molecule has 0 bridgehead atoms. The normalized spacial score (nSPS) is 17.1. The van der Waals surface area contributed by atoms with Gasteiger partial charge in [-0.1, -0.05) is 0 Å². The molecule has 0 saturated carbocycles. The predicted octanol–water partition coefficient (Wildman–Crippen LogP) is 2.89. The number of thiophene rings is 1. The van der Waals surface area contributed by atoms with Crippen LogP contribution < -0.4 is 0 Å². The second-order valence-corrected chi connectivity index (χ2v) is 6.26. The molecule has 0 radical (unpaired) electrons. The zero-order valence-electron chi connectivity index (χ0n) is 8.65. The molecule has 1 saturated heterocycles. The molecule has 16 heavy (non-hydrogen) atoms. The van der Waals surface area contributed by atoms with Crippen LogP contribution in [0.4, 0.5) is 0 Å². The zero-order chi connectivity index (χ0) is 11.5. The molecule has 0 aromatic carbocycles. The van der Waals surface area contributed by atoms with Crippen molar-refractivity contribution >= 4 is 33.2 Å². The molecule has 2 rings (SSSR count). The average molecular weight is 299 g/mol. The van der Waals surface area contributed by atoms with Crippen LogP contribution in [0.5, 0.6) is 0 Å². The number of halogens is 1. The summed E-state index contributed by atoms with van der Waals surface area (Å²) in [4.78, 5) is 14.6. The Bertz CT molecular complexity index is 429. The Morgan fingerprint density at radius 3 is 2.69 bits per heavy atom. The first-order chi connectivity index (χ1) is 7.70. The maximum absolute atomic E-state index is 12.0. The van der Waals surface area contributed by atoms with E-state index in [4.69, 9.17) is 5.26 Å². The molecule has 84 valence electrons. The standard InChI is InChI=1S/C11H11BrN2OS/c12-10-2-1-9(16-10)11(15)14-5-3-8(7-13)4-6-14/h1-2,8H,3-6H2. The van der Waals surface area contributed by atoms with E-state index in [2.05, 4.69) is 22.0 Å². The highest BCUT2D eigenvalue weighted by molar-refractivity contribution is 9.11. The summed E-state index contributed by atoms with van der Waals surface area (Å²) in [5.41, 5.74) is 0. The molecule has 3 nitrogen and oxygen atoms in total. The molecule has 5 heteroatoms. The topological polar surface area (TPSA) is 44.1 Å². The highest BCUT2D eigenvalue weighted by Gasteiger charge is 2.24. The number of carbonyl (C=O) groups excluding carboxylic acids is 1. The van der Waals surface area contributed by atoms with Crippen LogP contribution in [0.15, 0.2) is 15.9 Å². The van der Waals surface area contributed by atoms with Crippen LogP contribution in [-0.2, 0) is 0 Å². The van der Waals surface area contributed by atoms with Gasteiger partial charge in [0.05, 0.1) is 14.7 Å². The lowest BCUT2D eigenvalue weighted by atomic mass is 9.98. The maximum Gasteiger partial charge on any atom is 0.263 e. The molecule has 1 aromatic rings. The van der Waals surface area contributed by atoms with Crippen molar-refractivity contribution in [2.75, 3.05) is 13.1 Å². The number of nitriles is 1. The van der Waals surface area contributed by atoms with Gasteiger partial charge in [-0.25, -0.2) is 0 Å². The van der Waals surface area contributed by atoms with Crippen molar-refractivity contribution in [3.63, 3.8) is 0 Å². The third kappa shape index (κ3) is 2.45. The van der Waals surface area contributed by atoms with Gasteiger partial charge in [-0.2, -0.15) is 5.26 Å². The quantitative estimate of drug-likeness (QED) is 0.800. The van der Waals surface area contributed by atoms with Gasteiger partial charge in [0, 0.05) is 19.0 Å². The largest absolute Gasteiger partial charge is 0.338 e. The van der Waals surface area contributed by atoms with Crippen LogP contribution >= 0.6 is 27.3 Å². The predicted molar refractivity (Wildman–Crippen MR) is 66.3 cm³/mol. The lowest BCUT2D eigenvalue weighted by molar-refractivity contribution is 0.0712. The van der Waals surface area contributed by atoms with E-state index in [0.29, 0.717) is 13.1 Å². The Hall–Kier alpha value is -0.860. The Kier molecular flexibility index (Phi) is 3.62. The van der Waals surface area contributed by atoms with E-state index in [9.17, 15) is 4.79 Å². The summed E-state index contributed by atoms with van der Waals surface area (Å²) in [6, 6.07) is 5.99. The minimum atomic E-state index is 0.0899. The van der Waals surface area contributed by atoms with Gasteiger partial charge < -0.3 is 4.90 Å². The molecule has 0 N–H and O–H groups in total. The van der Waals surface area contributed by atoms with Gasteiger partial charge in [-0.3, -0.25) is 4.79 Å². The molecule has 1 aliphatic heterocycles. The van der Waals surface area contributed by atoms with Crippen molar-refractivity contribution in [3.8, 4) is 6.07 Å². The number of nitrogens with zero attached hydrogens (tertiary/aromatic N) is 2. The highest BCUT2D eigenvalue weighted by atomic mass is 79.9. The van der Waals surface area contributed by atoms with Crippen molar-refractivity contribution in [2.24, 2.45) is 5.92 Å². The number of hydrogen-bond acceptors (Lipinski definition) is 3. The van der Waals surface area contributed by atoms with E-state index in [1.54, 1.807) is 0 Å². The summed E-state index contributed by atoms with van der Waals surface area (Å²) in [6.07, 6.45) is 1.60. The second-order valence-electron chi connectivity index (χ2n) is 3.80. The number of likely N-dealkylation sites (tertiary alicyclic amines) is 1. The third-order valence-electron chi connectivity index (χ3n) is 2.75. The first kappa shape index (κ1) is 11.6. The van der Waals surface area contributed by atoms with E-state index in [1.807, 2.05) is 17.0 Å². The lowest BCUT2D eigenvalue weighted by Gasteiger charge is -2.28. The molecule has 1 aliphatic rings. The van der Waals surface area contributed by atoms with Gasteiger partial charge in [0.1, 0.15) is 0 Å². The molecular weight excluding hydrogens is 288 g/mol. The van der Waals surface area contributed by atoms with E-state index < -0.39 is 0 Å². The first-order valence-electron chi connectivity index (χ1n) is 5.15. The zero-order valence-corrected chi connectivity index (χ0v) is 11.1. The van der Waals surface area contributed by atoms with Crippen LogP contribution in [0, 0.1) is 17.2 Å². The molecule has 0 unspecified atom stereocenters. The van der Waals surface area contributed by atoms with Gasteiger partial charge >= 0.3 is 0 Å². The van der Waals surface area contributed by atoms with Gasteiger partial charge in [0.15, 0.2) is 0 Å². The fourth-order valence-corrected chi connectivity index (χ4v) is 3.15. The van der Waals surface area contributed by atoms with Crippen LogP contribution in [0.3, 0.4) is 0 Å². The van der Waals surface area contributed by atoms with Crippen molar-refractivity contribution in [2.45, 2.75) is 12.8 Å². The number of rotatable bonds is 1. The molecule has 1 amide bonds. The van der Waals surface area contributed by atoms with Crippen LogP contribution in [0.25, 0.3) is 0 Å². The Morgan fingerprint density at radius 2 is 2.19 bits per heavy atom. The molecule has 0 atom stereocenters. The SMILES string of the molecule is N#CC1CCN(C(=O)c2ccc(Br)s2)CC1. The number of piperidine rings is 1. The number of carbonyl (C=O) groups is 1. The second kappa shape index (κ2) is 4.98. The molecule has 2 heterocycles. The van der Waals surface area contributed by atoms with Crippen molar-refractivity contribution in [1.29, 1.82) is 5.26 Å². The van der Waals surface area contributed by atoms with Crippen molar-refractivity contribution in [1.82, 2.24) is 4.90 Å². The molecule has 0 aliphatic carbocycles. The van der Waals surface area contributed by atoms with E-state index in [0.717, 1.165) is 21.5 Å². The van der Waals surface area contributed by atoms with Gasteiger partial charge in [0.25, 0.3) is 5.91 Å². The van der Waals surface area contributed by atoms with Crippen LogP contribution in [-0.4, -0.2) is 23.9 Å². The summed E-state index contributed by atoms with van der Waals surface area (Å²) in [5.74, 6) is 0.214. The Labute approximate surface area is 107 Å². The summed E-state index contributed by atoms with van der Waals surface area (Å²) in [5, 5.41) is 8.78. The Morgan fingerprint density at radius 1 is 1.50 bits per heavy atom. The van der Waals surface area contributed by atoms with Crippen molar-refractivity contribution < 1.29 is 4.79 Å². The fraction of sp³-hybridized carbons (Fsp3) is 0.455. The number of amides is 1. The lowest BCUT2D eigenvalue weighted by Crippen LogP contribution is -2.37. The Balaban J connectivity index is 2.00. The molecule has 0 spiro atoms. The van der Waals surface area contributed by atoms with Crippen LogP contribution in [0.2, 0.25) is 0 Å². The van der Waals surface area contributed by atoms with E-state index >= 15 is 0 Å². The summed E-state index contributed by atoms with van der Waals surface area (Å²) < 4.78 is 0.975. The molecule has 1 fully saturated rings. The van der Waals surface area contributed by atoms with Crippen LogP contribution in [0.1, 0.15) is 22.5 Å². The molecular formula is C11H11BrN2OS. The van der Waals surface area contributed by atoms with Crippen molar-refractivity contribution in [3.05, 3.63) is 20.8 Å². The minimum Gasteiger partial charge on any atom is -0.338 e. The summed E-state index contributed by atoms with van der Waals surface area (Å²) in [7, 11) is 0. The number of hydrogen-bond donors (Lipinski definition) is 0. The summed E-state index contributed by atoms with van der Waals surface area (Å²) >= 11 is 4.81. The third-order valence-corrected chi connectivity index (χ3v) is 4.36. The molecule has 1 aromatic heterocycles. The smallest absolute Gasteiger partial charge is 0.263 e. The van der Waals surface area contributed by atoms with Gasteiger partial charge in [-0.15, -0.1) is 11.3 Å². The van der Waals surface area contributed by atoms with Gasteiger partial charge in [-0.05, 0) is 40.9 Å². The maximum atomic E-state index is 12.0.